The molecule has 1 aromatic heterocycles. The minimum absolute atomic E-state index is 0.0326. The number of esters is 1. The van der Waals surface area contributed by atoms with Crippen molar-refractivity contribution in [2.75, 3.05) is 13.7 Å². The quantitative estimate of drug-likeness (QED) is 0.219. The average Bonchev–Trinajstić information content (AvgIpc) is 3.21. The molecule has 0 aliphatic rings. The van der Waals surface area contributed by atoms with E-state index in [2.05, 4.69) is 4.99 Å². The predicted molar refractivity (Wildman–Crippen MR) is 129 cm³/mol. The number of hydrogen-bond donors (Lipinski definition) is 0. The van der Waals surface area contributed by atoms with Crippen LogP contribution in [0.25, 0.3) is 10.1 Å². The van der Waals surface area contributed by atoms with E-state index in [1.165, 1.54) is 24.5 Å². The zero-order chi connectivity index (χ0) is 23.2. The lowest BCUT2D eigenvalue weighted by Gasteiger charge is -2.13. The summed E-state index contributed by atoms with van der Waals surface area (Å²) in [5.74, 6) is 0.179. The van der Waals surface area contributed by atoms with Crippen molar-refractivity contribution in [1.82, 2.24) is 0 Å². The van der Waals surface area contributed by atoms with Crippen LogP contribution in [0, 0.1) is 5.82 Å². The third-order valence-corrected chi connectivity index (χ3v) is 6.02. The molecular weight excluding hydrogens is 441 g/mol. The minimum atomic E-state index is -0.413. The molecular formula is C26H22FNO4S. The van der Waals surface area contributed by atoms with E-state index in [0.29, 0.717) is 33.2 Å². The molecule has 0 bridgehead atoms. The standard InChI is InChI=1S/C26H22FNO4S/c1-3-31-26(29)23-19-11-5-7-14-22(19)33-25(23)28-15-17-10-8-13-21(30-2)24(17)32-16-18-9-4-6-12-20(18)27/h4-15H,3,16H2,1-2H3. The molecule has 0 N–H and O–H groups in total. The maximum atomic E-state index is 14.0. The van der Waals surface area contributed by atoms with Gasteiger partial charge in [0, 0.05) is 27.4 Å². The molecule has 3 aromatic carbocycles. The zero-order valence-electron chi connectivity index (χ0n) is 18.2. The van der Waals surface area contributed by atoms with Gasteiger partial charge in [0.1, 0.15) is 23.0 Å². The molecule has 5 nitrogen and oxygen atoms in total. The lowest BCUT2D eigenvalue weighted by molar-refractivity contribution is 0.0530. The van der Waals surface area contributed by atoms with Crippen LogP contribution >= 0.6 is 11.3 Å². The van der Waals surface area contributed by atoms with Crippen LogP contribution in [0.2, 0.25) is 0 Å². The molecule has 0 spiro atoms. The second-order valence-electron chi connectivity index (χ2n) is 7.02. The Balaban J connectivity index is 1.70. The summed E-state index contributed by atoms with van der Waals surface area (Å²) in [5, 5.41) is 1.34. The number of thiophene rings is 1. The Morgan fingerprint density at radius 1 is 1.06 bits per heavy atom. The highest BCUT2D eigenvalue weighted by Crippen LogP contribution is 2.39. The Morgan fingerprint density at radius 3 is 2.64 bits per heavy atom. The number of carbonyl (C=O) groups excluding carboxylic acids is 1. The summed E-state index contributed by atoms with van der Waals surface area (Å²) in [7, 11) is 1.54. The summed E-state index contributed by atoms with van der Waals surface area (Å²) in [6, 6.07) is 19.5. The highest BCUT2D eigenvalue weighted by Gasteiger charge is 2.20. The van der Waals surface area contributed by atoms with Gasteiger partial charge in [0.2, 0.25) is 0 Å². The topological polar surface area (TPSA) is 57.1 Å². The molecule has 0 radical (unpaired) electrons. The first-order valence-corrected chi connectivity index (χ1v) is 11.2. The number of methoxy groups -OCH3 is 1. The number of halogens is 1. The Bertz CT molecular complexity index is 1310. The Morgan fingerprint density at radius 2 is 1.85 bits per heavy atom. The van der Waals surface area contributed by atoms with Crippen LogP contribution < -0.4 is 9.47 Å². The SMILES string of the molecule is CCOC(=O)c1c(N=Cc2cccc(OC)c2OCc2ccccc2F)sc2ccccc12. The van der Waals surface area contributed by atoms with Gasteiger partial charge in [0.05, 0.1) is 13.7 Å². The highest BCUT2D eigenvalue weighted by molar-refractivity contribution is 7.23. The van der Waals surface area contributed by atoms with E-state index in [-0.39, 0.29) is 19.0 Å². The van der Waals surface area contributed by atoms with Crippen LogP contribution in [-0.2, 0) is 11.3 Å². The maximum absolute atomic E-state index is 14.0. The first kappa shape index (κ1) is 22.5. The van der Waals surface area contributed by atoms with Crippen LogP contribution in [0.3, 0.4) is 0 Å². The van der Waals surface area contributed by atoms with Gasteiger partial charge in [-0.2, -0.15) is 0 Å². The number of para-hydroxylation sites is 1. The number of rotatable bonds is 8. The van der Waals surface area contributed by atoms with Gasteiger partial charge in [-0.15, -0.1) is 11.3 Å². The van der Waals surface area contributed by atoms with Crippen molar-refractivity contribution in [2.45, 2.75) is 13.5 Å². The van der Waals surface area contributed by atoms with Gasteiger partial charge < -0.3 is 14.2 Å². The molecule has 0 aliphatic heterocycles. The summed E-state index contributed by atoms with van der Waals surface area (Å²) in [6.45, 7) is 2.08. The molecule has 4 rings (SSSR count). The van der Waals surface area contributed by atoms with Crippen molar-refractivity contribution >= 4 is 38.6 Å². The summed E-state index contributed by atoms with van der Waals surface area (Å²) >= 11 is 1.40. The first-order valence-electron chi connectivity index (χ1n) is 10.4. The van der Waals surface area contributed by atoms with Gasteiger partial charge in [0.15, 0.2) is 11.5 Å². The van der Waals surface area contributed by atoms with Crippen LogP contribution in [0.15, 0.2) is 71.7 Å². The molecule has 0 amide bonds. The molecule has 7 heteroatoms. The van der Waals surface area contributed by atoms with E-state index in [1.54, 1.807) is 37.4 Å². The van der Waals surface area contributed by atoms with Gasteiger partial charge in [-0.3, -0.25) is 0 Å². The summed E-state index contributed by atoms with van der Waals surface area (Å²) < 4.78 is 31.6. The second kappa shape index (κ2) is 10.3. The molecule has 1 heterocycles. The van der Waals surface area contributed by atoms with E-state index in [9.17, 15) is 9.18 Å². The van der Waals surface area contributed by atoms with Gasteiger partial charge in [-0.25, -0.2) is 14.2 Å². The van der Waals surface area contributed by atoms with Crippen LogP contribution in [0.5, 0.6) is 11.5 Å². The molecule has 0 saturated heterocycles. The number of ether oxygens (including phenoxy) is 3. The summed E-state index contributed by atoms with van der Waals surface area (Å²) in [4.78, 5) is 17.2. The number of nitrogens with zero attached hydrogens (tertiary/aromatic N) is 1. The van der Waals surface area contributed by atoms with E-state index in [0.717, 1.165) is 10.1 Å². The average molecular weight is 464 g/mol. The second-order valence-corrected chi connectivity index (χ2v) is 8.05. The molecule has 0 unspecified atom stereocenters. The van der Waals surface area contributed by atoms with Gasteiger partial charge in [-0.1, -0.05) is 42.5 Å². The molecule has 0 aliphatic carbocycles. The largest absolute Gasteiger partial charge is 0.493 e. The van der Waals surface area contributed by atoms with Crippen LogP contribution in [-0.4, -0.2) is 25.9 Å². The fraction of sp³-hybridized carbons (Fsp3) is 0.154. The zero-order valence-corrected chi connectivity index (χ0v) is 19.0. The Kier molecular flexibility index (Phi) is 7.00. The number of fused-ring (bicyclic) bond motifs is 1. The summed E-state index contributed by atoms with van der Waals surface area (Å²) in [5.41, 5.74) is 1.50. The highest BCUT2D eigenvalue weighted by atomic mass is 32.1. The van der Waals surface area contributed by atoms with Gasteiger partial charge in [-0.05, 0) is 31.2 Å². The number of carbonyl (C=O) groups is 1. The van der Waals surface area contributed by atoms with Crippen molar-refractivity contribution in [3.05, 3.63) is 89.2 Å². The van der Waals surface area contributed by atoms with Crippen molar-refractivity contribution in [1.29, 1.82) is 0 Å². The lowest BCUT2D eigenvalue weighted by Crippen LogP contribution is -2.04. The fourth-order valence-corrected chi connectivity index (χ4v) is 4.40. The summed E-state index contributed by atoms with van der Waals surface area (Å²) in [6.07, 6.45) is 1.62. The van der Waals surface area contributed by atoms with Crippen molar-refractivity contribution in [2.24, 2.45) is 4.99 Å². The van der Waals surface area contributed by atoms with Crippen molar-refractivity contribution in [3.8, 4) is 11.5 Å². The van der Waals surface area contributed by atoms with E-state index in [1.807, 2.05) is 36.4 Å². The molecule has 168 valence electrons. The monoisotopic (exact) mass is 463 g/mol. The van der Waals surface area contributed by atoms with Crippen LogP contribution in [0.1, 0.15) is 28.4 Å². The smallest absolute Gasteiger partial charge is 0.341 e. The molecule has 0 fully saturated rings. The number of benzene rings is 3. The number of aliphatic imine (C=N–C) groups is 1. The van der Waals surface area contributed by atoms with Gasteiger partial charge >= 0.3 is 5.97 Å². The normalized spacial score (nSPS) is 11.1. The van der Waals surface area contributed by atoms with Crippen molar-refractivity contribution < 1.29 is 23.4 Å². The molecule has 0 atom stereocenters. The first-order chi connectivity index (χ1) is 16.1. The third-order valence-electron chi connectivity index (χ3n) is 4.94. The fourth-order valence-electron chi connectivity index (χ4n) is 3.37. The lowest BCUT2D eigenvalue weighted by atomic mass is 10.1. The molecule has 0 saturated carbocycles. The van der Waals surface area contributed by atoms with E-state index >= 15 is 0 Å². The Hall–Kier alpha value is -3.71. The Labute approximate surface area is 195 Å². The predicted octanol–water partition coefficient (Wildman–Crippen LogP) is 6.56. The van der Waals surface area contributed by atoms with E-state index < -0.39 is 5.97 Å². The third kappa shape index (κ3) is 4.88. The maximum Gasteiger partial charge on any atom is 0.341 e. The van der Waals surface area contributed by atoms with Crippen molar-refractivity contribution in [3.63, 3.8) is 0 Å². The van der Waals surface area contributed by atoms with E-state index in [4.69, 9.17) is 14.2 Å². The molecule has 4 aromatic rings. The molecule has 33 heavy (non-hydrogen) atoms. The van der Waals surface area contributed by atoms with Crippen LogP contribution in [0.4, 0.5) is 9.39 Å². The van der Waals surface area contributed by atoms with Gasteiger partial charge in [0.25, 0.3) is 0 Å². The number of hydrogen-bond acceptors (Lipinski definition) is 6. The minimum Gasteiger partial charge on any atom is -0.493 e.